The molecule has 0 saturated heterocycles. The molecule has 0 bridgehead atoms. The topological polar surface area (TPSA) is 24.9 Å². The highest BCUT2D eigenvalue weighted by atomic mass is 14.8. The lowest BCUT2D eigenvalue weighted by molar-refractivity contribution is 0.411. The number of hydrogen-bond donors (Lipinski definition) is 1. The third-order valence-electron chi connectivity index (χ3n) is 1.90. The fraction of sp³-hybridized carbons (Fsp3) is 0.615. The summed E-state index contributed by atoms with van der Waals surface area (Å²) < 4.78 is 0. The predicted molar refractivity (Wildman–Crippen MR) is 68.3 cm³/mol. The van der Waals surface area contributed by atoms with Crippen LogP contribution in [0.2, 0.25) is 0 Å². The lowest BCUT2D eigenvalue weighted by atomic mass is 9.88. The minimum absolute atomic E-state index is 0.326. The van der Waals surface area contributed by atoms with Crippen LogP contribution in [-0.2, 0) is 6.42 Å². The average molecular weight is 208 g/mol. The fourth-order valence-electron chi connectivity index (χ4n) is 1.37. The number of nitrogens with zero attached hydrogens (tertiary/aromatic N) is 1. The third-order valence-corrected chi connectivity index (χ3v) is 1.90. The first-order valence-corrected chi connectivity index (χ1v) is 5.63. The molecule has 86 valence electrons. The maximum atomic E-state index is 4.08. The van der Waals surface area contributed by atoms with E-state index in [1.165, 1.54) is 5.56 Å². The van der Waals surface area contributed by atoms with Gasteiger partial charge in [0.15, 0.2) is 0 Å². The predicted octanol–water partition coefficient (Wildman–Crippen LogP) is 3.74. The summed E-state index contributed by atoms with van der Waals surface area (Å²) in [6.45, 7) is 10.7. The van der Waals surface area contributed by atoms with Crippen molar-refractivity contribution in [2.75, 3.05) is 12.4 Å². The van der Waals surface area contributed by atoms with Crippen LogP contribution in [0.1, 0.15) is 40.2 Å². The Morgan fingerprint density at radius 1 is 1.27 bits per heavy atom. The molecule has 0 saturated carbocycles. The molecule has 0 radical (unpaired) electrons. The summed E-state index contributed by atoms with van der Waals surface area (Å²) in [5.74, 6) is 0. The molecule has 0 aliphatic heterocycles. The van der Waals surface area contributed by atoms with Gasteiger partial charge in [-0.3, -0.25) is 4.98 Å². The van der Waals surface area contributed by atoms with E-state index in [0.717, 1.165) is 12.1 Å². The Hall–Kier alpha value is -1.05. The largest absolute Gasteiger partial charge is 0.387 e. The highest BCUT2D eigenvalue weighted by molar-refractivity contribution is 5.48. The van der Waals surface area contributed by atoms with E-state index in [1.807, 2.05) is 33.3 Å². The zero-order valence-corrected chi connectivity index (χ0v) is 10.9. The SMILES string of the molecule is CC.CNc1cnccc1CC(C)(C)C. The van der Waals surface area contributed by atoms with Gasteiger partial charge in [-0.15, -0.1) is 0 Å². The molecule has 0 unspecified atom stereocenters. The summed E-state index contributed by atoms with van der Waals surface area (Å²) in [6.07, 6.45) is 4.80. The molecule has 1 N–H and O–H groups in total. The van der Waals surface area contributed by atoms with Crippen molar-refractivity contribution in [3.63, 3.8) is 0 Å². The molecule has 15 heavy (non-hydrogen) atoms. The van der Waals surface area contributed by atoms with Crippen LogP contribution < -0.4 is 5.32 Å². The van der Waals surface area contributed by atoms with Crippen molar-refractivity contribution in [2.24, 2.45) is 5.41 Å². The van der Waals surface area contributed by atoms with Gasteiger partial charge in [-0.2, -0.15) is 0 Å². The van der Waals surface area contributed by atoms with E-state index in [1.54, 1.807) is 0 Å². The molecular formula is C13H24N2. The van der Waals surface area contributed by atoms with E-state index in [2.05, 4.69) is 37.1 Å². The van der Waals surface area contributed by atoms with Crippen LogP contribution in [0.25, 0.3) is 0 Å². The van der Waals surface area contributed by atoms with Crippen molar-refractivity contribution >= 4 is 5.69 Å². The van der Waals surface area contributed by atoms with Crippen molar-refractivity contribution in [3.8, 4) is 0 Å². The number of pyridine rings is 1. The first-order chi connectivity index (χ1) is 7.03. The van der Waals surface area contributed by atoms with E-state index < -0.39 is 0 Å². The summed E-state index contributed by atoms with van der Waals surface area (Å²) in [7, 11) is 1.93. The monoisotopic (exact) mass is 208 g/mol. The second-order valence-electron chi connectivity index (χ2n) is 4.52. The number of hydrogen-bond acceptors (Lipinski definition) is 2. The normalized spacial score (nSPS) is 10.3. The van der Waals surface area contributed by atoms with Gasteiger partial charge in [-0.1, -0.05) is 34.6 Å². The minimum atomic E-state index is 0.326. The van der Waals surface area contributed by atoms with Crippen LogP contribution in [0.4, 0.5) is 5.69 Å². The number of aromatic nitrogens is 1. The first kappa shape index (κ1) is 13.9. The lowest BCUT2D eigenvalue weighted by Crippen LogP contribution is -2.10. The Morgan fingerprint density at radius 3 is 2.33 bits per heavy atom. The van der Waals surface area contributed by atoms with E-state index in [4.69, 9.17) is 0 Å². The van der Waals surface area contributed by atoms with Crippen molar-refractivity contribution in [2.45, 2.75) is 41.0 Å². The van der Waals surface area contributed by atoms with E-state index in [0.29, 0.717) is 5.41 Å². The summed E-state index contributed by atoms with van der Waals surface area (Å²) in [4.78, 5) is 4.08. The van der Waals surface area contributed by atoms with E-state index in [-0.39, 0.29) is 0 Å². The quantitative estimate of drug-likeness (QED) is 0.801. The van der Waals surface area contributed by atoms with Crippen LogP contribution in [0, 0.1) is 5.41 Å². The Kier molecular flexibility index (Phi) is 5.99. The second-order valence-corrected chi connectivity index (χ2v) is 4.52. The number of anilines is 1. The van der Waals surface area contributed by atoms with Crippen molar-refractivity contribution in [3.05, 3.63) is 24.0 Å². The van der Waals surface area contributed by atoms with Crippen LogP contribution in [0.15, 0.2) is 18.5 Å². The smallest absolute Gasteiger partial charge is 0.0556 e. The zero-order valence-electron chi connectivity index (χ0n) is 10.9. The van der Waals surface area contributed by atoms with Gasteiger partial charge in [0.1, 0.15) is 0 Å². The average Bonchev–Trinajstić information content (AvgIpc) is 2.19. The highest BCUT2D eigenvalue weighted by Gasteiger charge is 2.13. The van der Waals surface area contributed by atoms with Gasteiger partial charge >= 0.3 is 0 Å². The van der Waals surface area contributed by atoms with Gasteiger partial charge in [0.05, 0.1) is 11.9 Å². The summed E-state index contributed by atoms with van der Waals surface area (Å²) >= 11 is 0. The molecule has 0 fully saturated rings. The Morgan fingerprint density at radius 2 is 1.87 bits per heavy atom. The molecule has 1 aromatic heterocycles. The third kappa shape index (κ3) is 5.40. The maximum absolute atomic E-state index is 4.08. The van der Waals surface area contributed by atoms with Gasteiger partial charge in [-0.25, -0.2) is 0 Å². The summed E-state index contributed by atoms with van der Waals surface area (Å²) in [6, 6.07) is 2.08. The Balaban J connectivity index is 0.000000921. The van der Waals surface area contributed by atoms with Gasteiger partial charge < -0.3 is 5.32 Å². The van der Waals surface area contributed by atoms with Gasteiger partial charge in [0, 0.05) is 13.2 Å². The summed E-state index contributed by atoms with van der Waals surface area (Å²) in [5.41, 5.74) is 2.80. The van der Waals surface area contributed by atoms with Gasteiger partial charge in [0.25, 0.3) is 0 Å². The van der Waals surface area contributed by atoms with Crippen LogP contribution in [-0.4, -0.2) is 12.0 Å². The van der Waals surface area contributed by atoms with E-state index in [9.17, 15) is 0 Å². The highest BCUT2D eigenvalue weighted by Crippen LogP contribution is 2.24. The molecule has 0 amide bonds. The molecule has 2 heteroatoms. The van der Waals surface area contributed by atoms with Gasteiger partial charge in [0.2, 0.25) is 0 Å². The van der Waals surface area contributed by atoms with Gasteiger partial charge in [-0.05, 0) is 23.5 Å². The fourth-order valence-corrected chi connectivity index (χ4v) is 1.37. The van der Waals surface area contributed by atoms with Crippen LogP contribution in [0.5, 0.6) is 0 Å². The molecule has 0 spiro atoms. The molecule has 0 aliphatic carbocycles. The molecule has 0 aromatic carbocycles. The van der Waals surface area contributed by atoms with Crippen molar-refractivity contribution in [1.82, 2.24) is 4.98 Å². The molecule has 1 heterocycles. The maximum Gasteiger partial charge on any atom is 0.0556 e. The molecule has 1 aromatic rings. The molecule has 2 nitrogen and oxygen atoms in total. The molecule has 1 rings (SSSR count). The molecule has 0 aliphatic rings. The van der Waals surface area contributed by atoms with Crippen LogP contribution >= 0.6 is 0 Å². The Labute approximate surface area is 94.1 Å². The van der Waals surface area contributed by atoms with Crippen molar-refractivity contribution in [1.29, 1.82) is 0 Å². The van der Waals surface area contributed by atoms with Crippen LogP contribution in [0.3, 0.4) is 0 Å². The number of rotatable bonds is 2. The standard InChI is InChI=1S/C11H18N2.C2H6/c1-11(2,3)7-9-5-6-13-8-10(9)12-4;1-2/h5-6,8,12H,7H2,1-4H3;1-2H3. The first-order valence-electron chi connectivity index (χ1n) is 5.63. The molecule has 0 atom stereocenters. The molecular weight excluding hydrogens is 184 g/mol. The lowest BCUT2D eigenvalue weighted by Gasteiger charge is -2.19. The second kappa shape index (κ2) is 6.44. The van der Waals surface area contributed by atoms with Crippen molar-refractivity contribution < 1.29 is 0 Å². The Bertz CT molecular complexity index is 274. The minimum Gasteiger partial charge on any atom is -0.387 e. The number of nitrogens with one attached hydrogen (secondary N) is 1. The summed E-state index contributed by atoms with van der Waals surface area (Å²) in [5, 5.41) is 3.16. The zero-order chi connectivity index (χ0) is 11.9. The van der Waals surface area contributed by atoms with E-state index >= 15 is 0 Å².